The Morgan fingerprint density at radius 2 is 1.76 bits per heavy atom. The lowest BCUT2D eigenvalue weighted by Gasteiger charge is -2.39. The van der Waals surface area contributed by atoms with Gasteiger partial charge in [-0.1, -0.05) is 24.3 Å². The lowest BCUT2D eigenvalue weighted by Crippen LogP contribution is -2.58. The third-order valence-electron chi connectivity index (χ3n) is 7.99. The molecular weight excluding hydrogens is 590 g/mol. The van der Waals surface area contributed by atoms with E-state index in [9.17, 15) is 14.4 Å². The van der Waals surface area contributed by atoms with Crippen LogP contribution in [0.4, 0.5) is 0 Å². The number of benzene rings is 3. The van der Waals surface area contributed by atoms with Gasteiger partial charge in [0.25, 0.3) is 5.91 Å². The highest BCUT2D eigenvalue weighted by Crippen LogP contribution is 2.25. The second-order valence-corrected chi connectivity index (χ2v) is 11.3. The first-order valence-corrected chi connectivity index (χ1v) is 15.1. The molecule has 0 spiro atoms. The predicted octanol–water partition coefficient (Wildman–Crippen LogP) is 2.54. The minimum atomic E-state index is -0.484. The van der Waals surface area contributed by atoms with Crippen LogP contribution in [0, 0.1) is 0 Å². The minimum Gasteiger partial charge on any atom is -0.484 e. The van der Waals surface area contributed by atoms with Gasteiger partial charge in [-0.25, -0.2) is 4.68 Å². The Balaban J connectivity index is 1.13. The molecule has 0 unspecified atom stereocenters. The van der Waals surface area contributed by atoms with Crippen LogP contribution in [0.3, 0.4) is 0 Å². The van der Waals surface area contributed by atoms with Crippen LogP contribution in [-0.2, 0) is 32.1 Å². The summed E-state index contributed by atoms with van der Waals surface area (Å²) in [6.07, 6.45) is 2.41. The highest BCUT2D eigenvalue weighted by atomic mass is 16.5. The smallest absolute Gasteiger partial charge is 0.260 e. The van der Waals surface area contributed by atoms with Crippen LogP contribution < -0.4 is 14.8 Å². The Bertz CT molecular complexity index is 1660. The molecule has 1 saturated heterocycles. The van der Waals surface area contributed by atoms with E-state index in [0.29, 0.717) is 43.2 Å². The summed E-state index contributed by atoms with van der Waals surface area (Å²) in [5.41, 5.74) is 2.64. The minimum absolute atomic E-state index is 0.106. The number of amides is 3. The van der Waals surface area contributed by atoms with E-state index in [4.69, 9.17) is 14.2 Å². The molecule has 4 aromatic rings. The second kappa shape index (κ2) is 14.2. The number of fused-ring (bicyclic) bond motifs is 5. The van der Waals surface area contributed by atoms with Crippen molar-refractivity contribution in [3.63, 3.8) is 0 Å². The lowest BCUT2D eigenvalue weighted by molar-refractivity contribution is -0.140. The Kier molecular flexibility index (Phi) is 9.48. The molecule has 2 aliphatic heterocycles. The zero-order valence-electron chi connectivity index (χ0n) is 25.4. The third kappa shape index (κ3) is 7.85. The molecule has 3 amide bonds. The van der Waals surface area contributed by atoms with Crippen molar-refractivity contribution in [2.24, 2.45) is 0 Å². The van der Waals surface area contributed by atoms with Gasteiger partial charge in [0.1, 0.15) is 23.6 Å². The van der Waals surface area contributed by atoms with Gasteiger partial charge in [0.05, 0.1) is 31.0 Å². The highest BCUT2D eigenvalue weighted by molar-refractivity contribution is 5.85. The second-order valence-electron chi connectivity index (χ2n) is 11.3. The first-order chi connectivity index (χ1) is 22.4. The summed E-state index contributed by atoms with van der Waals surface area (Å²) in [5.74, 6) is 1.20. The Morgan fingerprint density at radius 1 is 1.00 bits per heavy atom. The van der Waals surface area contributed by atoms with Crippen molar-refractivity contribution in [1.29, 1.82) is 0 Å². The van der Waals surface area contributed by atoms with Crippen molar-refractivity contribution in [3.8, 4) is 22.9 Å². The van der Waals surface area contributed by atoms with E-state index in [1.165, 1.54) is 15.9 Å². The highest BCUT2D eigenvalue weighted by Gasteiger charge is 2.34. The number of carbonyl (C=O) groups is 3. The van der Waals surface area contributed by atoms with Crippen molar-refractivity contribution in [3.05, 3.63) is 90.3 Å². The quantitative estimate of drug-likeness (QED) is 0.362. The van der Waals surface area contributed by atoms with E-state index in [1.807, 2.05) is 48.5 Å². The number of hydrogen-bond donors (Lipinski definition) is 1. The molecule has 0 saturated carbocycles. The maximum atomic E-state index is 13.2. The molecular formula is C33H35N7O6. The zero-order valence-corrected chi connectivity index (χ0v) is 25.4. The van der Waals surface area contributed by atoms with Crippen LogP contribution in [0.2, 0.25) is 0 Å². The van der Waals surface area contributed by atoms with Crippen LogP contribution in [-0.4, -0.2) is 93.2 Å². The number of nitrogens with zero attached hydrogens (tertiary/aromatic N) is 6. The normalized spacial score (nSPS) is 19.2. The van der Waals surface area contributed by atoms with E-state index in [-0.39, 0.29) is 49.9 Å². The van der Waals surface area contributed by atoms with Crippen LogP contribution in [0.5, 0.6) is 17.2 Å². The van der Waals surface area contributed by atoms with Gasteiger partial charge in [0.15, 0.2) is 6.61 Å². The molecule has 13 heteroatoms. The SMILES string of the molecule is CN1CC(=O)N[C@H]2CN(C(=O)COc3ccc(-n4cnnn4)cc3)CC[C@H]2OCc2cccc(c2)Oc2cccc(c2)CCC1=O. The number of piperidine rings is 1. The number of tetrazole rings is 1. The number of ether oxygens (including phenoxy) is 3. The van der Waals surface area contributed by atoms with Gasteiger partial charge in [0, 0.05) is 26.6 Å². The van der Waals surface area contributed by atoms with E-state index in [2.05, 4.69) is 20.8 Å². The van der Waals surface area contributed by atoms with Gasteiger partial charge in [-0.05, 0) is 82.9 Å². The van der Waals surface area contributed by atoms with Crippen molar-refractivity contribution in [2.45, 2.75) is 38.0 Å². The fraction of sp³-hybridized carbons (Fsp3) is 0.333. The number of nitrogens with one attached hydrogen (secondary N) is 1. The van der Waals surface area contributed by atoms with Crippen LogP contribution in [0.1, 0.15) is 24.0 Å². The van der Waals surface area contributed by atoms with Gasteiger partial charge in [-0.15, -0.1) is 5.10 Å². The third-order valence-corrected chi connectivity index (χ3v) is 7.99. The average Bonchev–Trinajstić information content (AvgIpc) is 3.61. The molecule has 0 radical (unpaired) electrons. The molecule has 13 nitrogen and oxygen atoms in total. The van der Waals surface area contributed by atoms with Gasteiger partial charge in [0.2, 0.25) is 11.8 Å². The van der Waals surface area contributed by atoms with Gasteiger partial charge < -0.3 is 29.3 Å². The number of aryl methyl sites for hydroxylation is 1. The van der Waals surface area contributed by atoms with Crippen molar-refractivity contribution >= 4 is 17.7 Å². The summed E-state index contributed by atoms with van der Waals surface area (Å²) < 4.78 is 19.7. The molecule has 0 aliphatic carbocycles. The summed E-state index contributed by atoms with van der Waals surface area (Å²) in [7, 11) is 1.61. The zero-order chi connectivity index (χ0) is 31.9. The summed E-state index contributed by atoms with van der Waals surface area (Å²) >= 11 is 0. The predicted molar refractivity (Wildman–Crippen MR) is 165 cm³/mol. The maximum absolute atomic E-state index is 13.2. The molecule has 3 heterocycles. The molecule has 1 N–H and O–H groups in total. The first-order valence-electron chi connectivity index (χ1n) is 15.1. The fourth-order valence-electron chi connectivity index (χ4n) is 5.51. The summed E-state index contributed by atoms with van der Waals surface area (Å²) in [5, 5.41) is 14.1. The van der Waals surface area contributed by atoms with Crippen LogP contribution >= 0.6 is 0 Å². The van der Waals surface area contributed by atoms with Crippen molar-refractivity contribution < 1.29 is 28.6 Å². The topological polar surface area (TPSA) is 141 Å². The summed E-state index contributed by atoms with van der Waals surface area (Å²) in [6, 6.07) is 21.9. The Hall–Kier alpha value is -5.30. The monoisotopic (exact) mass is 625 g/mol. The molecule has 46 heavy (non-hydrogen) atoms. The maximum Gasteiger partial charge on any atom is 0.260 e. The molecule has 238 valence electrons. The Morgan fingerprint density at radius 3 is 2.52 bits per heavy atom. The number of rotatable bonds is 4. The number of likely N-dealkylation sites (tertiary alicyclic amines) is 1. The molecule has 3 aromatic carbocycles. The van der Waals surface area contributed by atoms with Crippen molar-refractivity contribution in [2.75, 3.05) is 33.3 Å². The standard InChI is InChI=1S/C33H35N7O6/c1-38-19-31(41)35-29-18-39(33(43)21-44-26-11-9-25(10-12-26)40-22-34-36-37-40)15-14-30(29)45-20-24-5-3-7-28(17-24)46-27-6-2-4-23(16-27)8-13-32(38)42/h2-7,9-12,16-17,22,29-30H,8,13-15,18-21H2,1H3,(H,35,41)/t29-,30+/m0/s1. The summed E-state index contributed by atoms with van der Waals surface area (Å²) in [4.78, 5) is 42.3. The van der Waals surface area contributed by atoms with E-state index in [0.717, 1.165) is 16.8 Å². The van der Waals surface area contributed by atoms with Crippen LogP contribution in [0.15, 0.2) is 79.1 Å². The number of carbonyl (C=O) groups excluding carboxylic acids is 3. The Labute approximate surface area is 266 Å². The van der Waals surface area contributed by atoms with Gasteiger partial charge >= 0.3 is 0 Å². The molecule has 6 rings (SSSR count). The van der Waals surface area contributed by atoms with Gasteiger partial charge in [-0.3, -0.25) is 14.4 Å². The largest absolute Gasteiger partial charge is 0.484 e. The van der Waals surface area contributed by atoms with E-state index < -0.39 is 6.04 Å². The average molecular weight is 626 g/mol. The molecule has 1 aromatic heterocycles. The van der Waals surface area contributed by atoms with E-state index >= 15 is 0 Å². The number of aromatic nitrogens is 4. The lowest BCUT2D eigenvalue weighted by atomic mass is 10.0. The van der Waals surface area contributed by atoms with E-state index in [1.54, 1.807) is 36.2 Å². The number of hydrogen-bond acceptors (Lipinski definition) is 9. The molecule has 2 atom stereocenters. The summed E-state index contributed by atoms with van der Waals surface area (Å²) in [6.45, 7) is 0.708. The fourth-order valence-corrected chi connectivity index (χ4v) is 5.51. The molecule has 4 bridgehead atoms. The van der Waals surface area contributed by atoms with Crippen molar-refractivity contribution in [1.82, 2.24) is 35.3 Å². The van der Waals surface area contributed by atoms with Gasteiger partial charge in [-0.2, -0.15) is 0 Å². The first kappa shape index (κ1) is 30.7. The van der Waals surface area contributed by atoms with Crippen LogP contribution in [0.25, 0.3) is 5.69 Å². The molecule has 1 fully saturated rings. The number of likely N-dealkylation sites (N-methyl/N-ethyl adjacent to an activating group) is 1. The molecule has 2 aliphatic rings.